The van der Waals surface area contributed by atoms with Gasteiger partial charge in [0.15, 0.2) is 0 Å². The molecule has 0 aromatic carbocycles. The number of carbonyl (C=O) groups excluding carboxylic acids is 1. The highest BCUT2D eigenvalue weighted by Crippen LogP contribution is 2.25. The summed E-state index contributed by atoms with van der Waals surface area (Å²) >= 11 is 0. The lowest BCUT2D eigenvalue weighted by atomic mass is 9.96. The van der Waals surface area contributed by atoms with Crippen LogP contribution < -0.4 is 0 Å². The second kappa shape index (κ2) is 6.65. The molecule has 0 amide bonds. The van der Waals surface area contributed by atoms with Crippen molar-refractivity contribution in [3.05, 3.63) is 11.6 Å². The van der Waals surface area contributed by atoms with Crippen molar-refractivity contribution < 1.29 is 9.53 Å². The van der Waals surface area contributed by atoms with Crippen molar-refractivity contribution in [1.82, 2.24) is 0 Å². The largest absolute Gasteiger partial charge is 0.466 e. The van der Waals surface area contributed by atoms with Gasteiger partial charge in [0, 0.05) is 5.57 Å². The van der Waals surface area contributed by atoms with E-state index in [1.165, 1.54) is 45.6 Å². The number of carbonyl (C=O) groups is 1. The summed E-state index contributed by atoms with van der Waals surface area (Å²) in [7, 11) is 1.46. The summed E-state index contributed by atoms with van der Waals surface area (Å²) in [5.41, 5.74) is 0.851. The fraction of sp³-hybridized carbons (Fsp3) is 0.769. The van der Waals surface area contributed by atoms with Crippen LogP contribution in [0.4, 0.5) is 0 Å². The van der Waals surface area contributed by atoms with Crippen molar-refractivity contribution in [3.8, 4) is 0 Å². The van der Waals surface area contributed by atoms with Gasteiger partial charge in [0.1, 0.15) is 0 Å². The number of allylic oxidation sites excluding steroid dienone is 1. The van der Waals surface area contributed by atoms with Gasteiger partial charge in [-0.1, -0.05) is 38.7 Å². The fourth-order valence-corrected chi connectivity index (χ4v) is 2.22. The molecule has 1 aliphatic carbocycles. The van der Waals surface area contributed by atoms with Gasteiger partial charge in [0.2, 0.25) is 0 Å². The maximum atomic E-state index is 11.4. The molecule has 0 spiro atoms. The van der Waals surface area contributed by atoms with E-state index >= 15 is 0 Å². The Morgan fingerprint density at radius 3 is 2.33 bits per heavy atom. The van der Waals surface area contributed by atoms with Crippen LogP contribution in [0.1, 0.15) is 51.9 Å². The highest BCUT2D eigenvalue weighted by molar-refractivity contribution is 5.88. The molecule has 0 unspecified atom stereocenters. The minimum atomic E-state index is -0.151. The Balaban J connectivity index is 2.59. The van der Waals surface area contributed by atoms with Gasteiger partial charge in [-0.05, 0) is 25.2 Å². The number of methoxy groups -OCH3 is 1. The molecule has 1 saturated carbocycles. The molecule has 86 valence electrons. The van der Waals surface area contributed by atoms with E-state index in [1.807, 2.05) is 6.92 Å². The Hall–Kier alpha value is -0.790. The number of hydrogen-bond donors (Lipinski definition) is 0. The Kier molecular flexibility index (Phi) is 5.44. The van der Waals surface area contributed by atoms with Crippen molar-refractivity contribution in [2.24, 2.45) is 5.92 Å². The zero-order valence-corrected chi connectivity index (χ0v) is 9.92. The van der Waals surface area contributed by atoms with E-state index in [9.17, 15) is 4.79 Å². The first-order valence-corrected chi connectivity index (χ1v) is 6.07. The standard InChI is InChI=1S/C13H22O2/c1-3-12(13(14)15-2)10-11-8-6-4-5-7-9-11/h10-11H,3-9H2,1-2H3. The van der Waals surface area contributed by atoms with E-state index < -0.39 is 0 Å². The van der Waals surface area contributed by atoms with Crippen LogP contribution in [-0.2, 0) is 9.53 Å². The molecule has 0 saturated heterocycles. The highest BCUT2D eigenvalue weighted by Gasteiger charge is 2.13. The van der Waals surface area contributed by atoms with Gasteiger partial charge >= 0.3 is 5.97 Å². The number of rotatable bonds is 3. The van der Waals surface area contributed by atoms with E-state index in [1.54, 1.807) is 0 Å². The van der Waals surface area contributed by atoms with Crippen LogP contribution in [0.25, 0.3) is 0 Å². The van der Waals surface area contributed by atoms with Crippen LogP contribution >= 0.6 is 0 Å². The summed E-state index contributed by atoms with van der Waals surface area (Å²) < 4.78 is 4.77. The molecule has 0 bridgehead atoms. The number of hydrogen-bond acceptors (Lipinski definition) is 2. The molecule has 15 heavy (non-hydrogen) atoms. The van der Waals surface area contributed by atoms with Crippen LogP contribution in [0.15, 0.2) is 11.6 Å². The van der Waals surface area contributed by atoms with Crippen LogP contribution in [0.3, 0.4) is 0 Å². The van der Waals surface area contributed by atoms with Crippen LogP contribution in [0.5, 0.6) is 0 Å². The first-order valence-electron chi connectivity index (χ1n) is 6.07. The molecule has 0 radical (unpaired) electrons. The Labute approximate surface area is 92.7 Å². The Morgan fingerprint density at radius 1 is 1.27 bits per heavy atom. The normalized spacial score (nSPS) is 19.7. The van der Waals surface area contributed by atoms with E-state index in [2.05, 4.69) is 6.08 Å². The topological polar surface area (TPSA) is 26.3 Å². The van der Waals surface area contributed by atoms with Gasteiger partial charge in [-0.2, -0.15) is 0 Å². The first-order chi connectivity index (χ1) is 7.27. The van der Waals surface area contributed by atoms with E-state index in [0.717, 1.165) is 12.0 Å². The zero-order chi connectivity index (χ0) is 11.1. The van der Waals surface area contributed by atoms with Gasteiger partial charge < -0.3 is 4.74 Å². The van der Waals surface area contributed by atoms with E-state index in [4.69, 9.17) is 4.74 Å². The second-order valence-corrected chi connectivity index (χ2v) is 4.29. The molecule has 0 aromatic rings. The summed E-state index contributed by atoms with van der Waals surface area (Å²) in [6, 6.07) is 0. The third-order valence-electron chi connectivity index (χ3n) is 3.17. The van der Waals surface area contributed by atoms with Gasteiger partial charge in [-0.3, -0.25) is 0 Å². The summed E-state index contributed by atoms with van der Waals surface area (Å²) in [5.74, 6) is 0.447. The van der Waals surface area contributed by atoms with E-state index in [0.29, 0.717) is 5.92 Å². The average molecular weight is 210 g/mol. The van der Waals surface area contributed by atoms with Crippen LogP contribution in [0, 0.1) is 5.92 Å². The van der Waals surface area contributed by atoms with Gasteiger partial charge in [-0.15, -0.1) is 0 Å². The fourth-order valence-electron chi connectivity index (χ4n) is 2.22. The summed E-state index contributed by atoms with van der Waals surface area (Å²) in [4.78, 5) is 11.4. The number of ether oxygens (including phenoxy) is 1. The van der Waals surface area contributed by atoms with Gasteiger partial charge in [-0.25, -0.2) is 4.79 Å². The maximum Gasteiger partial charge on any atom is 0.333 e. The monoisotopic (exact) mass is 210 g/mol. The lowest BCUT2D eigenvalue weighted by Crippen LogP contribution is -2.06. The van der Waals surface area contributed by atoms with Crippen molar-refractivity contribution in [1.29, 1.82) is 0 Å². The molecular weight excluding hydrogens is 188 g/mol. The van der Waals surface area contributed by atoms with Crippen molar-refractivity contribution in [2.75, 3.05) is 7.11 Å². The second-order valence-electron chi connectivity index (χ2n) is 4.29. The highest BCUT2D eigenvalue weighted by atomic mass is 16.5. The zero-order valence-electron chi connectivity index (χ0n) is 9.92. The molecule has 0 N–H and O–H groups in total. The molecule has 0 heterocycles. The third-order valence-corrected chi connectivity index (χ3v) is 3.17. The average Bonchev–Trinajstić information content (AvgIpc) is 2.53. The van der Waals surface area contributed by atoms with Crippen molar-refractivity contribution >= 4 is 5.97 Å². The van der Waals surface area contributed by atoms with Crippen molar-refractivity contribution in [3.63, 3.8) is 0 Å². The molecular formula is C13H22O2. The molecule has 0 atom stereocenters. The molecule has 2 nitrogen and oxygen atoms in total. The van der Waals surface area contributed by atoms with Crippen molar-refractivity contribution in [2.45, 2.75) is 51.9 Å². The molecule has 1 fully saturated rings. The van der Waals surface area contributed by atoms with Gasteiger partial charge in [0.25, 0.3) is 0 Å². The lowest BCUT2D eigenvalue weighted by molar-refractivity contribution is -0.136. The first kappa shape index (κ1) is 12.3. The molecule has 0 aliphatic heterocycles. The Morgan fingerprint density at radius 2 is 1.87 bits per heavy atom. The predicted octanol–water partition coefficient (Wildman–Crippen LogP) is 3.47. The molecule has 1 rings (SSSR count). The minimum Gasteiger partial charge on any atom is -0.466 e. The summed E-state index contributed by atoms with van der Waals surface area (Å²) in [6.07, 6.45) is 10.7. The molecule has 1 aliphatic rings. The molecule has 2 heteroatoms. The minimum absolute atomic E-state index is 0.151. The van der Waals surface area contributed by atoms with Gasteiger partial charge in [0.05, 0.1) is 7.11 Å². The summed E-state index contributed by atoms with van der Waals surface area (Å²) in [6.45, 7) is 2.01. The quantitative estimate of drug-likeness (QED) is 0.405. The summed E-state index contributed by atoms with van der Waals surface area (Å²) in [5, 5.41) is 0. The third kappa shape index (κ3) is 4.06. The Bertz CT molecular complexity index is 223. The smallest absolute Gasteiger partial charge is 0.333 e. The predicted molar refractivity (Wildman–Crippen MR) is 61.6 cm³/mol. The molecule has 0 aromatic heterocycles. The number of esters is 1. The van der Waals surface area contributed by atoms with Crippen LogP contribution in [0.2, 0.25) is 0 Å². The van der Waals surface area contributed by atoms with Crippen LogP contribution in [-0.4, -0.2) is 13.1 Å². The van der Waals surface area contributed by atoms with E-state index in [-0.39, 0.29) is 5.97 Å². The maximum absolute atomic E-state index is 11.4. The SMILES string of the molecule is CCC(=CC1CCCCCC1)C(=O)OC. The lowest BCUT2D eigenvalue weighted by Gasteiger charge is -2.10.